The van der Waals surface area contributed by atoms with Gasteiger partial charge in [0.15, 0.2) is 0 Å². The Hall–Kier alpha value is -0.290. The topological polar surface area (TPSA) is 29.3 Å². The van der Waals surface area contributed by atoms with E-state index in [0.29, 0.717) is 13.1 Å². The molecule has 80 valence electrons. The van der Waals surface area contributed by atoms with Gasteiger partial charge >= 0.3 is 6.18 Å². The van der Waals surface area contributed by atoms with Gasteiger partial charge < -0.3 is 5.73 Å². The maximum Gasteiger partial charge on any atom is 0.401 e. The molecule has 0 aliphatic heterocycles. The summed E-state index contributed by atoms with van der Waals surface area (Å²) >= 11 is 0. The van der Waals surface area contributed by atoms with Crippen molar-refractivity contribution < 1.29 is 13.2 Å². The summed E-state index contributed by atoms with van der Waals surface area (Å²) in [5.41, 5.74) is 5.15. The second-order valence-electron chi connectivity index (χ2n) is 4.16. The minimum atomic E-state index is -4.13. The SMILES string of the molecule is CN(CC(F)(F)F)CC(C)(C)CN. The number of nitrogens with two attached hydrogens (primary N) is 1. The summed E-state index contributed by atoms with van der Waals surface area (Å²) in [4.78, 5) is 1.24. The van der Waals surface area contributed by atoms with Gasteiger partial charge in [0.1, 0.15) is 0 Å². The van der Waals surface area contributed by atoms with Crippen LogP contribution < -0.4 is 5.73 Å². The minimum absolute atomic E-state index is 0.264. The molecular formula is C8H17F3N2. The molecule has 0 saturated carbocycles. The van der Waals surface area contributed by atoms with Crippen LogP contribution in [0.1, 0.15) is 13.8 Å². The molecule has 0 rings (SSSR count). The summed E-state index contributed by atoms with van der Waals surface area (Å²) in [5, 5.41) is 0. The molecule has 0 unspecified atom stereocenters. The standard InChI is InChI=1S/C8H17F3N2/c1-7(2,4-12)5-13(3)6-8(9,10)11/h4-6,12H2,1-3H3. The third kappa shape index (κ3) is 6.83. The van der Waals surface area contributed by atoms with Crippen LogP contribution in [-0.4, -0.2) is 37.8 Å². The van der Waals surface area contributed by atoms with Gasteiger partial charge in [-0.05, 0) is 19.0 Å². The van der Waals surface area contributed by atoms with Crippen molar-refractivity contribution in [3.05, 3.63) is 0 Å². The highest BCUT2D eigenvalue weighted by Gasteiger charge is 2.31. The lowest BCUT2D eigenvalue weighted by Gasteiger charge is -2.29. The Balaban J connectivity index is 3.94. The highest BCUT2D eigenvalue weighted by atomic mass is 19.4. The van der Waals surface area contributed by atoms with Crippen LogP contribution in [0.4, 0.5) is 13.2 Å². The molecule has 0 saturated heterocycles. The number of alkyl halides is 3. The maximum atomic E-state index is 11.9. The third-order valence-corrected chi connectivity index (χ3v) is 1.70. The predicted molar refractivity (Wildman–Crippen MR) is 46.4 cm³/mol. The van der Waals surface area contributed by atoms with Crippen molar-refractivity contribution in [1.29, 1.82) is 0 Å². The van der Waals surface area contributed by atoms with E-state index in [1.807, 2.05) is 13.8 Å². The van der Waals surface area contributed by atoms with Gasteiger partial charge in [-0.2, -0.15) is 13.2 Å². The van der Waals surface area contributed by atoms with Crippen molar-refractivity contribution >= 4 is 0 Å². The van der Waals surface area contributed by atoms with Crippen LogP contribution in [0, 0.1) is 5.41 Å². The van der Waals surface area contributed by atoms with Gasteiger partial charge in [0.25, 0.3) is 0 Å². The van der Waals surface area contributed by atoms with E-state index in [1.165, 1.54) is 11.9 Å². The van der Waals surface area contributed by atoms with E-state index in [1.54, 1.807) is 0 Å². The van der Waals surface area contributed by atoms with E-state index < -0.39 is 12.7 Å². The van der Waals surface area contributed by atoms with Gasteiger partial charge in [-0.25, -0.2) is 0 Å². The molecule has 0 heterocycles. The van der Waals surface area contributed by atoms with Crippen molar-refractivity contribution in [2.75, 3.05) is 26.7 Å². The number of nitrogens with zero attached hydrogens (tertiary/aromatic N) is 1. The molecule has 0 atom stereocenters. The molecule has 0 spiro atoms. The molecule has 2 nitrogen and oxygen atoms in total. The Morgan fingerprint density at radius 3 is 1.92 bits per heavy atom. The number of rotatable bonds is 4. The fraction of sp³-hybridized carbons (Fsp3) is 1.00. The predicted octanol–water partition coefficient (Wildman–Crippen LogP) is 1.47. The quantitative estimate of drug-likeness (QED) is 0.741. The summed E-state index contributed by atoms with van der Waals surface area (Å²) in [6, 6.07) is 0. The van der Waals surface area contributed by atoms with Gasteiger partial charge in [0, 0.05) is 6.54 Å². The molecule has 13 heavy (non-hydrogen) atoms. The summed E-state index contributed by atoms with van der Waals surface area (Å²) < 4.78 is 35.7. The second-order valence-corrected chi connectivity index (χ2v) is 4.16. The molecule has 0 aliphatic carbocycles. The number of hydrogen-bond donors (Lipinski definition) is 1. The van der Waals surface area contributed by atoms with E-state index in [0.717, 1.165) is 0 Å². The van der Waals surface area contributed by atoms with Crippen LogP contribution in [0.15, 0.2) is 0 Å². The zero-order chi connectivity index (χ0) is 10.7. The minimum Gasteiger partial charge on any atom is -0.330 e. The number of halogens is 3. The molecule has 0 amide bonds. The van der Waals surface area contributed by atoms with Crippen molar-refractivity contribution in [1.82, 2.24) is 4.90 Å². The zero-order valence-corrected chi connectivity index (χ0v) is 8.28. The Labute approximate surface area is 76.9 Å². The van der Waals surface area contributed by atoms with E-state index in [4.69, 9.17) is 5.73 Å². The van der Waals surface area contributed by atoms with Crippen LogP contribution in [0.2, 0.25) is 0 Å². The van der Waals surface area contributed by atoms with Crippen molar-refractivity contribution in [3.63, 3.8) is 0 Å². The van der Waals surface area contributed by atoms with Crippen molar-refractivity contribution in [2.45, 2.75) is 20.0 Å². The Bertz CT molecular complexity index is 154. The molecule has 0 aliphatic rings. The van der Waals surface area contributed by atoms with Crippen LogP contribution in [0.5, 0.6) is 0 Å². The van der Waals surface area contributed by atoms with Crippen molar-refractivity contribution in [3.8, 4) is 0 Å². The second kappa shape index (κ2) is 4.28. The Morgan fingerprint density at radius 1 is 1.15 bits per heavy atom. The molecule has 0 aromatic rings. The number of hydrogen-bond acceptors (Lipinski definition) is 2. The van der Waals surface area contributed by atoms with Gasteiger partial charge in [-0.1, -0.05) is 13.8 Å². The third-order valence-electron chi connectivity index (χ3n) is 1.70. The van der Waals surface area contributed by atoms with Crippen molar-refractivity contribution in [2.24, 2.45) is 11.1 Å². The highest BCUT2D eigenvalue weighted by Crippen LogP contribution is 2.19. The van der Waals surface area contributed by atoms with E-state index in [9.17, 15) is 13.2 Å². The molecule has 0 aromatic heterocycles. The summed E-state index contributed by atoms with van der Waals surface area (Å²) in [5.74, 6) is 0. The van der Waals surface area contributed by atoms with Gasteiger partial charge in [-0.15, -0.1) is 0 Å². The first-order valence-corrected chi connectivity index (χ1v) is 4.12. The van der Waals surface area contributed by atoms with Crippen LogP contribution in [0.3, 0.4) is 0 Å². The summed E-state index contributed by atoms with van der Waals surface area (Å²) in [7, 11) is 1.45. The lowest BCUT2D eigenvalue weighted by atomic mass is 9.93. The average Bonchev–Trinajstić information content (AvgIpc) is 1.81. The fourth-order valence-corrected chi connectivity index (χ4v) is 1.16. The Morgan fingerprint density at radius 2 is 1.62 bits per heavy atom. The molecule has 2 N–H and O–H groups in total. The van der Waals surface area contributed by atoms with Gasteiger partial charge in [0.05, 0.1) is 6.54 Å². The first kappa shape index (κ1) is 12.7. The maximum absolute atomic E-state index is 11.9. The largest absolute Gasteiger partial charge is 0.401 e. The molecule has 0 radical (unpaired) electrons. The monoisotopic (exact) mass is 198 g/mol. The molecule has 0 aromatic carbocycles. The lowest BCUT2D eigenvalue weighted by Crippen LogP contribution is -2.40. The average molecular weight is 198 g/mol. The summed E-state index contributed by atoms with van der Waals surface area (Å²) in [6.45, 7) is 3.55. The Kier molecular flexibility index (Phi) is 4.19. The van der Waals surface area contributed by atoms with E-state index in [-0.39, 0.29) is 5.41 Å². The van der Waals surface area contributed by atoms with E-state index >= 15 is 0 Å². The lowest BCUT2D eigenvalue weighted by molar-refractivity contribution is -0.145. The van der Waals surface area contributed by atoms with Crippen LogP contribution in [-0.2, 0) is 0 Å². The summed E-state index contributed by atoms with van der Waals surface area (Å²) in [6.07, 6.45) is -4.13. The molecular weight excluding hydrogens is 181 g/mol. The first-order valence-electron chi connectivity index (χ1n) is 4.12. The molecule has 5 heteroatoms. The molecule has 0 fully saturated rings. The highest BCUT2D eigenvalue weighted by molar-refractivity contribution is 4.74. The molecule has 0 bridgehead atoms. The van der Waals surface area contributed by atoms with Gasteiger partial charge in [-0.3, -0.25) is 4.90 Å². The zero-order valence-electron chi connectivity index (χ0n) is 8.28. The fourth-order valence-electron chi connectivity index (χ4n) is 1.16. The normalized spacial score (nSPS) is 13.8. The van der Waals surface area contributed by atoms with Crippen LogP contribution >= 0.6 is 0 Å². The first-order chi connectivity index (χ1) is 5.66. The van der Waals surface area contributed by atoms with Crippen LogP contribution in [0.25, 0.3) is 0 Å². The van der Waals surface area contributed by atoms with E-state index in [2.05, 4.69) is 0 Å². The smallest absolute Gasteiger partial charge is 0.330 e. The van der Waals surface area contributed by atoms with Gasteiger partial charge in [0.2, 0.25) is 0 Å².